The average Bonchev–Trinajstić information content (AvgIpc) is 2.25. The smallest absolute Gasteiger partial charge is 0.152 e. The molecule has 0 fully saturated rings. The van der Waals surface area contributed by atoms with Gasteiger partial charge in [-0.25, -0.2) is 0 Å². The average molecular weight is 238 g/mol. The van der Waals surface area contributed by atoms with Crippen molar-refractivity contribution in [1.82, 2.24) is 0 Å². The summed E-state index contributed by atoms with van der Waals surface area (Å²) in [6, 6.07) is 5.36. The number of hydrogen-bond donors (Lipinski definition) is 0. The lowest BCUT2D eigenvalue weighted by molar-refractivity contribution is 0.112. The van der Waals surface area contributed by atoms with Crippen molar-refractivity contribution in [2.75, 3.05) is 18.0 Å². The van der Waals surface area contributed by atoms with Crippen LogP contribution >= 0.6 is 11.6 Å². The molecule has 0 saturated heterocycles. The van der Waals surface area contributed by atoms with E-state index in [9.17, 15) is 4.79 Å². The lowest BCUT2D eigenvalue weighted by atomic mass is 10.1. The first-order valence-corrected chi connectivity index (χ1v) is 5.60. The van der Waals surface area contributed by atoms with E-state index in [1.54, 1.807) is 12.1 Å². The van der Waals surface area contributed by atoms with E-state index < -0.39 is 0 Å². The first kappa shape index (κ1) is 12.8. The zero-order chi connectivity index (χ0) is 12.1. The summed E-state index contributed by atoms with van der Waals surface area (Å²) in [5.74, 6) is 0. The molecule has 0 aliphatic carbocycles. The molecule has 0 heterocycles. The third-order valence-electron chi connectivity index (χ3n) is 2.30. The Morgan fingerprint density at radius 3 is 2.75 bits per heavy atom. The van der Waals surface area contributed by atoms with Gasteiger partial charge >= 0.3 is 0 Å². The maximum atomic E-state index is 11.0. The highest BCUT2D eigenvalue weighted by Gasteiger charge is 2.09. The third kappa shape index (κ3) is 3.11. The number of halogens is 1. The van der Waals surface area contributed by atoms with Crippen LogP contribution in [-0.2, 0) is 0 Å². The van der Waals surface area contributed by atoms with E-state index in [4.69, 9.17) is 11.6 Å². The fraction of sp³-hybridized carbons (Fsp3) is 0.308. The fourth-order valence-electron chi connectivity index (χ4n) is 1.60. The molecular formula is C13H16ClNO. The molecule has 0 aromatic heterocycles. The first-order valence-electron chi connectivity index (χ1n) is 5.22. The van der Waals surface area contributed by atoms with Gasteiger partial charge < -0.3 is 4.90 Å². The van der Waals surface area contributed by atoms with Crippen LogP contribution in [0.3, 0.4) is 0 Å². The highest BCUT2D eigenvalue weighted by Crippen LogP contribution is 2.23. The number of carbonyl (C=O) groups excluding carboxylic acids is 1. The van der Waals surface area contributed by atoms with Crippen LogP contribution in [0.2, 0.25) is 5.02 Å². The molecular weight excluding hydrogens is 222 g/mol. The van der Waals surface area contributed by atoms with Crippen LogP contribution in [0, 0.1) is 0 Å². The predicted octanol–water partition coefficient (Wildman–Crippen LogP) is 3.55. The van der Waals surface area contributed by atoms with E-state index in [-0.39, 0.29) is 0 Å². The topological polar surface area (TPSA) is 20.3 Å². The molecule has 0 aliphatic rings. The Labute approximate surface area is 102 Å². The Bertz CT molecular complexity index is 401. The lowest BCUT2D eigenvalue weighted by Crippen LogP contribution is -2.25. The maximum absolute atomic E-state index is 11.0. The minimum Gasteiger partial charge on any atom is -0.367 e. The molecule has 0 radical (unpaired) electrons. The van der Waals surface area contributed by atoms with Gasteiger partial charge in [-0.2, -0.15) is 0 Å². The number of carbonyl (C=O) groups is 1. The quantitative estimate of drug-likeness (QED) is 0.577. The van der Waals surface area contributed by atoms with Crippen LogP contribution < -0.4 is 4.90 Å². The van der Waals surface area contributed by atoms with Crippen molar-refractivity contribution < 1.29 is 4.79 Å². The number of anilines is 1. The van der Waals surface area contributed by atoms with Crippen molar-refractivity contribution in [1.29, 1.82) is 0 Å². The SMILES string of the molecule is C=C(C)CN(CC)c1ccc(Cl)cc1C=O. The van der Waals surface area contributed by atoms with Crippen LogP contribution in [0.5, 0.6) is 0 Å². The second kappa shape index (κ2) is 5.71. The van der Waals surface area contributed by atoms with E-state index in [0.717, 1.165) is 30.6 Å². The first-order chi connectivity index (χ1) is 7.58. The van der Waals surface area contributed by atoms with Gasteiger partial charge in [0.1, 0.15) is 0 Å². The summed E-state index contributed by atoms with van der Waals surface area (Å²) >= 11 is 5.85. The van der Waals surface area contributed by atoms with Gasteiger partial charge in [-0.15, -0.1) is 0 Å². The number of aldehydes is 1. The molecule has 1 aromatic carbocycles. The standard InChI is InChI=1S/C13H16ClNO/c1-4-15(8-10(2)3)13-6-5-12(14)7-11(13)9-16/h5-7,9H,2,4,8H2,1,3H3. The second-order valence-electron chi connectivity index (χ2n) is 3.79. The van der Waals surface area contributed by atoms with Crippen LogP contribution in [0.4, 0.5) is 5.69 Å². The summed E-state index contributed by atoms with van der Waals surface area (Å²) in [7, 11) is 0. The molecule has 1 aromatic rings. The number of nitrogens with zero attached hydrogens (tertiary/aromatic N) is 1. The van der Waals surface area contributed by atoms with E-state index in [1.165, 1.54) is 0 Å². The molecule has 0 amide bonds. The lowest BCUT2D eigenvalue weighted by Gasteiger charge is -2.24. The monoisotopic (exact) mass is 237 g/mol. The van der Waals surface area contributed by atoms with Gasteiger partial charge in [0.25, 0.3) is 0 Å². The van der Waals surface area contributed by atoms with Crippen LogP contribution in [0.25, 0.3) is 0 Å². The summed E-state index contributed by atoms with van der Waals surface area (Å²) < 4.78 is 0. The van der Waals surface area contributed by atoms with Crippen molar-refractivity contribution in [3.8, 4) is 0 Å². The van der Waals surface area contributed by atoms with Crippen molar-refractivity contribution in [3.63, 3.8) is 0 Å². The zero-order valence-electron chi connectivity index (χ0n) is 9.66. The van der Waals surface area contributed by atoms with Crippen molar-refractivity contribution in [2.45, 2.75) is 13.8 Å². The Balaban J connectivity index is 3.08. The summed E-state index contributed by atoms with van der Waals surface area (Å²) in [5.41, 5.74) is 2.59. The van der Waals surface area contributed by atoms with E-state index in [2.05, 4.69) is 11.5 Å². The zero-order valence-corrected chi connectivity index (χ0v) is 10.4. The van der Waals surface area contributed by atoms with Crippen molar-refractivity contribution in [3.05, 3.63) is 40.9 Å². The van der Waals surface area contributed by atoms with Gasteiger partial charge in [-0.05, 0) is 32.0 Å². The third-order valence-corrected chi connectivity index (χ3v) is 2.53. The molecule has 86 valence electrons. The number of hydrogen-bond acceptors (Lipinski definition) is 2. The van der Waals surface area contributed by atoms with Gasteiger partial charge in [-0.1, -0.05) is 23.8 Å². The summed E-state index contributed by atoms with van der Waals surface area (Å²) in [5, 5.41) is 0.581. The molecule has 16 heavy (non-hydrogen) atoms. The molecule has 0 spiro atoms. The largest absolute Gasteiger partial charge is 0.367 e. The van der Waals surface area contributed by atoms with E-state index >= 15 is 0 Å². The van der Waals surface area contributed by atoms with E-state index in [0.29, 0.717) is 10.6 Å². The molecule has 0 bridgehead atoms. The van der Waals surface area contributed by atoms with Crippen LogP contribution in [0.15, 0.2) is 30.4 Å². The van der Waals surface area contributed by atoms with Crippen LogP contribution in [-0.4, -0.2) is 19.4 Å². The van der Waals surface area contributed by atoms with Crippen molar-refractivity contribution >= 4 is 23.6 Å². The summed E-state index contributed by atoms with van der Waals surface area (Å²) in [6.07, 6.45) is 0.836. The number of benzene rings is 1. The van der Waals surface area contributed by atoms with Gasteiger partial charge in [0.05, 0.1) is 0 Å². The molecule has 0 atom stereocenters. The molecule has 0 N–H and O–H groups in total. The maximum Gasteiger partial charge on any atom is 0.152 e. The molecule has 2 nitrogen and oxygen atoms in total. The normalized spacial score (nSPS) is 9.94. The minimum absolute atomic E-state index is 0.581. The Morgan fingerprint density at radius 2 is 2.25 bits per heavy atom. The highest BCUT2D eigenvalue weighted by molar-refractivity contribution is 6.31. The molecule has 0 unspecified atom stereocenters. The summed E-state index contributed by atoms with van der Waals surface area (Å²) in [4.78, 5) is 13.1. The fourth-order valence-corrected chi connectivity index (χ4v) is 1.78. The number of likely N-dealkylation sites (N-methyl/N-ethyl adjacent to an activating group) is 1. The summed E-state index contributed by atoms with van der Waals surface area (Å²) in [6.45, 7) is 9.48. The van der Waals surface area contributed by atoms with Gasteiger partial charge in [0.15, 0.2) is 6.29 Å². The predicted molar refractivity (Wildman–Crippen MR) is 69.5 cm³/mol. The Kier molecular flexibility index (Phi) is 4.56. The highest BCUT2D eigenvalue weighted by atomic mass is 35.5. The molecule has 0 saturated carbocycles. The molecule has 0 aliphatic heterocycles. The molecule has 3 heteroatoms. The minimum atomic E-state index is 0.581. The van der Waals surface area contributed by atoms with Gasteiger partial charge in [-0.3, -0.25) is 4.79 Å². The van der Waals surface area contributed by atoms with Crippen molar-refractivity contribution in [2.24, 2.45) is 0 Å². The molecule has 1 rings (SSSR count). The number of rotatable bonds is 5. The van der Waals surface area contributed by atoms with Gasteiger partial charge in [0.2, 0.25) is 0 Å². The van der Waals surface area contributed by atoms with E-state index in [1.807, 2.05) is 19.9 Å². The Hall–Kier alpha value is -1.28. The van der Waals surface area contributed by atoms with Crippen LogP contribution in [0.1, 0.15) is 24.2 Å². The van der Waals surface area contributed by atoms with Gasteiger partial charge in [0, 0.05) is 29.4 Å². The Morgan fingerprint density at radius 1 is 1.56 bits per heavy atom. The second-order valence-corrected chi connectivity index (χ2v) is 4.23.